The first-order chi connectivity index (χ1) is 15.7. The highest BCUT2D eigenvalue weighted by atomic mass is 16.5. The molecule has 0 aliphatic rings. The number of carbonyl (C=O) groups is 3. The summed E-state index contributed by atoms with van der Waals surface area (Å²) in [6.07, 6.45) is 6.87. The number of esters is 3. The number of hydrogen-bond donors (Lipinski definition) is 0. The van der Waals surface area contributed by atoms with Crippen molar-refractivity contribution in [3.63, 3.8) is 0 Å². The summed E-state index contributed by atoms with van der Waals surface area (Å²) in [5.41, 5.74) is 1.79. The molecule has 0 unspecified atom stereocenters. The smallest absolute Gasteiger partial charge is 0.333 e. The maximum atomic E-state index is 11.2. The minimum absolute atomic E-state index is 0. The van der Waals surface area contributed by atoms with Gasteiger partial charge in [-0.15, -0.1) is 0 Å². The lowest BCUT2D eigenvalue weighted by Crippen LogP contribution is -2.06. The standard InChI is InChI=1S/C20H26O5.C6H10O2.CH4/c1-16(2)20(22)25-15-7-5-4-6-14-24-18-11-8-17(9-12-18)10-13-19(21)23-3;1-4-8-6(7)5(2)3;/h8-13H,1,4-7,14-15H2,2-3H3;2,4H2,1,3H3;1H4/b13-10+;;. The summed E-state index contributed by atoms with van der Waals surface area (Å²) in [6, 6.07) is 7.50. The maximum Gasteiger partial charge on any atom is 0.333 e. The highest BCUT2D eigenvalue weighted by molar-refractivity contribution is 5.87. The van der Waals surface area contributed by atoms with E-state index in [-0.39, 0.29) is 25.3 Å². The van der Waals surface area contributed by atoms with E-state index in [0.717, 1.165) is 37.0 Å². The van der Waals surface area contributed by atoms with E-state index < -0.39 is 0 Å². The summed E-state index contributed by atoms with van der Waals surface area (Å²) in [5.74, 6) is -0.221. The number of unbranched alkanes of at least 4 members (excludes halogenated alkanes) is 3. The fourth-order valence-electron chi connectivity index (χ4n) is 2.20. The van der Waals surface area contributed by atoms with Crippen LogP contribution in [0.1, 0.15) is 59.4 Å². The molecule has 0 atom stereocenters. The number of hydrogen-bond acceptors (Lipinski definition) is 7. The second-order valence-electron chi connectivity index (χ2n) is 7.11. The van der Waals surface area contributed by atoms with Gasteiger partial charge in [-0.3, -0.25) is 0 Å². The van der Waals surface area contributed by atoms with E-state index in [0.29, 0.717) is 31.0 Å². The summed E-state index contributed by atoms with van der Waals surface area (Å²) in [5, 5.41) is 0. The van der Waals surface area contributed by atoms with Gasteiger partial charge in [0.05, 0.1) is 26.9 Å². The predicted octanol–water partition coefficient (Wildman–Crippen LogP) is 5.69. The fourth-order valence-corrected chi connectivity index (χ4v) is 2.20. The van der Waals surface area contributed by atoms with Gasteiger partial charge in [0, 0.05) is 17.2 Å². The van der Waals surface area contributed by atoms with E-state index in [1.54, 1.807) is 26.8 Å². The molecule has 34 heavy (non-hydrogen) atoms. The summed E-state index contributed by atoms with van der Waals surface area (Å²) in [6.45, 7) is 13.5. The first-order valence-corrected chi connectivity index (χ1v) is 10.8. The molecule has 0 aliphatic heterocycles. The third-order valence-electron chi connectivity index (χ3n) is 4.01. The Kier molecular flexibility index (Phi) is 19.6. The molecule has 0 spiro atoms. The van der Waals surface area contributed by atoms with Gasteiger partial charge in [0.15, 0.2) is 0 Å². The Hall–Kier alpha value is -3.35. The zero-order valence-corrected chi connectivity index (χ0v) is 20.2. The van der Waals surface area contributed by atoms with E-state index in [9.17, 15) is 14.4 Å². The molecule has 0 saturated carbocycles. The molecule has 1 rings (SSSR count). The molecule has 0 aromatic heterocycles. The van der Waals surface area contributed by atoms with Crippen LogP contribution in [-0.2, 0) is 28.6 Å². The lowest BCUT2D eigenvalue weighted by atomic mass is 10.2. The summed E-state index contributed by atoms with van der Waals surface area (Å²) in [7, 11) is 1.35. The number of ether oxygens (including phenoxy) is 4. The van der Waals surface area contributed by atoms with Crippen LogP contribution in [0.15, 0.2) is 54.6 Å². The van der Waals surface area contributed by atoms with Crippen LogP contribution in [-0.4, -0.2) is 44.8 Å². The van der Waals surface area contributed by atoms with Gasteiger partial charge in [0.1, 0.15) is 5.75 Å². The molecule has 7 heteroatoms. The Labute approximate surface area is 204 Å². The Bertz CT molecular complexity index is 792. The second kappa shape index (κ2) is 20.3. The van der Waals surface area contributed by atoms with Crippen molar-refractivity contribution in [2.75, 3.05) is 26.9 Å². The third-order valence-corrected chi connectivity index (χ3v) is 4.01. The second-order valence-corrected chi connectivity index (χ2v) is 7.11. The number of benzene rings is 1. The Morgan fingerprint density at radius 2 is 1.38 bits per heavy atom. The monoisotopic (exact) mass is 476 g/mol. The van der Waals surface area contributed by atoms with Crippen LogP contribution in [0.4, 0.5) is 0 Å². The van der Waals surface area contributed by atoms with Gasteiger partial charge < -0.3 is 18.9 Å². The van der Waals surface area contributed by atoms with Crippen molar-refractivity contribution >= 4 is 24.0 Å². The topological polar surface area (TPSA) is 88.1 Å². The molecule has 1 aromatic rings. The van der Waals surface area contributed by atoms with E-state index >= 15 is 0 Å². The highest BCUT2D eigenvalue weighted by Gasteiger charge is 2.02. The lowest BCUT2D eigenvalue weighted by molar-refractivity contribution is -0.139. The van der Waals surface area contributed by atoms with Gasteiger partial charge >= 0.3 is 17.9 Å². The molecule has 0 amide bonds. The minimum atomic E-state index is -0.380. The van der Waals surface area contributed by atoms with Crippen LogP contribution in [0.5, 0.6) is 5.75 Å². The largest absolute Gasteiger partial charge is 0.494 e. The van der Waals surface area contributed by atoms with Crippen LogP contribution >= 0.6 is 0 Å². The molecule has 0 N–H and O–H groups in total. The van der Waals surface area contributed by atoms with Crippen molar-refractivity contribution in [3.8, 4) is 5.75 Å². The molecule has 0 fully saturated rings. The summed E-state index contributed by atoms with van der Waals surface area (Å²) < 4.78 is 19.8. The van der Waals surface area contributed by atoms with Crippen molar-refractivity contribution in [1.29, 1.82) is 0 Å². The summed E-state index contributed by atoms with van der Waals surface area (Å²) >= 11 is 0. The number of carbonyl (C=O) groups excluding carboxylic acids is 3. The predicted molar refractivity (Wildman–Crippen MR) is 135 cm³/mol. The Balaban J connectivity index is 0. The normalized spacial score (nSPS) is 9.65. The molecular weight excluding hydrogens is 436 g/mol. The van der Waals surface area contributed by atoms with Gasteiger partial charge in [0.2, 0.25) is 0 Å². The van der Waals surface area contributed by atoms with Gasteiger partial charge in [-0.05, 0) is 70.2 Å². The van der Waals surface area contributed by atoms with Crippen LogP contribution in [0.2, 0.25) is 0 Å². The minimum Gasteiger partial charge on any atom is -0.494 e. The molecule has 190 valence electrons. The van der Waals surface area contributed by atoms with Gasteiger partial charge in [-0.25, -0.2) is 14.4 Å². The number of methoxy groups -OCH3 is 1. The van der Waals surface area contributed by atoms with Crippen molar-refractivity contribution in [2.24, 2.45) is 0 Å². The molecule has 0 saturated heterocycles. The van der Waals surface area contributed by atoms with Crippen LogP contribution in [0.3, 0.4) is 0 Å². The molecule has 0 bridgehead atoms. The van der Waals surface area contributed by atoms with E-state index in [1.165, 1.54) is 13.2 Å². The maximum absolute atomic E-state index is 11.2. The Morgan fingerprint density at radius 1 is 0.853 bits per heavy atom. The molecule has 7 nitrogen and oxygen atoms in total. The first-order valence-electron chi connectivity index (χ1n) is 10.8. The zero-order chi connectivity index (χ0) is 25.1. The fraction of sp³-hybridized carbons (Fsp3) is 0.444. The first kappa shape index (κ1) is 32.8. The van der Waals surface area contributed by atoms with Crippen molar-refractivity contribution in [2.45, 2.75) is 53.9 Å². The Morgan fingerprint density at radius 3 is 1.85 bits per heavy atom. The zero-order valence-electron chi connectivity index (χ0n) is 20.2. The lowest BCUT2D eigenvalue weighted by Gasteiger charge is -2.07. The molecule has 0 aliphatic carbocycles. The SMILES string of the molecule is C.C=C(C)C(=O)OCC.C=C(C)C(=O)OCCCCCCOc1ccc(/C=C/C(=O)OC)cc1. The molecular formula is C27H40O7. The van der Waals surface area contributed by atoms with E-state index in [4.69, 9.17) is 9.47 Å². The molecule has 1 aromatic carbocycles. The number of rotatable bonds is 13. The molecule has 0 radical (unpaired) electrons. The third kappa shape index (κ3) is 17.2. The highest BCUT2D eigenvalue weighted by Crippen LogP contribution is 2.14. The average Bonchev–Trinajstić information content (AvgIpc) is 2.80. The van der Waals surface area contributed by atoms with Crippen molar-refractivity contribution in [1.82, 2.24) is 0 Å². The van der Waals surface area contributed by atoms with Crippen molar-refractivity contribution < 1.29 is 33.3 Å². The van der Waals surface area contributed by atoms with E-state index in [2.05, 4.69) is 22.6 Å². The van der Waals surface area contributed by atoms with Crippen LogP contribution in [0, 0.1) is 0 Å². The van der Waals surface area contributed by atoms with Crippen LogP contribution < -0.4 is 4.74 Å². The van der Waals surface area contributed by atoms with E-state index in [1.807, 2.05) is 24.3 Å². The molecule has 0 heterocycles. The average molecular weight is 477 g/mol. The van der Waals surface area contributed by atoms with Gasteiger partial charge in [-0.1, -0.05) is 32.7 Å². The summed E-state index contributed by atoms with van der Waals surface area (Å²) in [4.78, 5) is 32.6. The van der Waals surface area contributed by atoms with Gasteiger partial charge in [-0.2, -0.15) is 0 Å². The van der Waals surface area contributed by atoms with Gasteiger partial charge in [0.25, 0.3) is 0 Å². The van der Waals surface area contributed by atoms with Crippen LogP contribution in [0.25, 0.3) is 6.08 Å². The quantitative estimate of drug-likeness (QED) is 0.156. The van der Waals surface area contributed by atoms with Crippen molar-refractivity contribution in [3.05, 3.63) is 60.2 Å².